The fraction of sp³-hybridized carbons (Fsp3) is 0.231. The second kappa shape index (κ2) is 6.85. The fourth-order valence-electron chi connectivity index (χ4n) is 1.45. The number of hydrogen-bond donors (Lipinski definition) is 2. The van der Waals surface area contributed by atoms with Crippen molar-refractivity contribution in [1.29, 1.82) is 0 Å². The van der Waals surface area contributed by atoms with Crippen molar-refractivity contribution in [1.82, 2.24) is 4.98 Å². The molecule has 3 N–H and O–H groups in total. The second-order valence-electron chi connectivity index (χ2n) is 3.98. The highest BCUT2D eigenvalue weighted by Gasteiger charge is 2.03. The fourth-order valence-corrected chi connectivity index (χ4v) is 2.00. The minimum atomic E-state index is -0.339. The Morgan fingerprint density at radius 1 is 1.55 bits per heavy atom. The number of benzene rings is 1. The molecule has 2 aromatic rings. The first-order valence-electron chi connectivity index (χ1n) is 6.11. The molecule has 7 heteroatoms. The summed E-state index contributed by atoms with van der Waals surface area (Å²) in [5.41, 5.74) is 8.95. The normalized spacial score (nSPS) is 10.9. The summed E-state index contributed by atoms with van der Waals surface area (Å²) >= 11 is 1.35. The number of hydrogen-bond acceptors (Lipinski definition) is 6. The van der Waals surface area contributed by atoms with Crippen molar-refractivity contribution in [2.45, 2.75) is 13.3 Å². The number of ether oxygens (including phenoxy) is 1. The van der Waals surface area contributed by atoms with Gasteiger partial charge in [-0.1, -0.05) is 6.92 Å². The van der Waals surface area contributed by atoms with E-state index in [9.17, 15) is 4.39 Å². The number of hydrazone groups is 1. The molecule has 0 unspecified atom stereocenters. The molecule has 20 heavy (non-hydrogen) atoms. The van der Waals surface area contributed by atoms with Gasteiger partial charge in [-0.15, -0.1) is 11.3 Å². The highest BCUT2D eigenvalue weighted by molar-refractivity contribution is 7.14. The van der Waals surface area contributed by atoms with Crippen LogP contribution in [-0.4, -0.2) is 17.8 Å². The van der Waals surface area contributed by atoms with Gasteiger partial charge in [-0.3, -0.25) is 5.43 Å². The standard InChI is InChI=1S/C13H15FN4OS/c1-2-5-19-11-6-10(14)4-3-9(11)7-16-18-13-17-12(15)8-20-13/h3-4,6-8H,2,5,15H2,1H3,(H,17,18). The van der Waals surface area contributed by atoms with Gasteiger partial charge in [-0.25, -0.2) is 9.37 Å². The number of aromatic nitrogens is 1. The molecule has 0 atom stereocenters. The number of nitrogen functional groups attached to an aromatic ring is 1. The van der Waals surface area contributed by atoms with Crippen molar-refractivity contribution in [3.05, 3.63) is 35.0 Å². The summed E-state index contributed by atoms with van der Waals surface area (Å²) in [5.74, 6) is 0.575. The van der Waals surface area contributed by atoms with Gasteiger partial charge < -0.3 is 10.5 Å². The van der Waals surface area contributed by atoms with Crippen LogP contribution in [0.3, 0.4) is 0 Å². The maximum absolute atomic E-state index is 13.2. The lowest BCUT2D eigenvalue weighted by atomic mass is 10.2. The molecule has 106 valence electrons. The molecule has 2 rings (SSSR count). The van der Waals surface area contributed by atoms with Crippen molar-refractivity contribution in [2.75, 3.05) is 17.8 Å². The third-order valence-electron chi connectivity index (χ3n) is 2.32. The lowest BCUT2D eigenvalue weighted by molar-refractivity contribution is 0.315. The van der Waals surface area contributed by atoms with Gasteiger partial charge in [0, 0.05) is 17.0 Å². The van der Waals surface area contributed by atoms with Crippen LogP contribution < -0.4 is 15.9 Å². The zero-order chi connectivity index (χ0) is 14.4. The van der Waals surface area contributed by atoms with Crippen LogP contribution in [0.15, 0.2) is 28.7 Å². The van der Waals surface area contributed by atoms with Crippen LogP contribution in [0.25, 0.3) is 0 Å². The number of halogens is 1. The molecule has 0 radical (unpaired) electrons. The Hall–Kier alpha value is -2.15. The summed E-state index contributed by atoms with van der Waals surface area (Å²) in [6.45, 7) is 2.52. The lowest BCUT2D eigenvalue weighted by Crippen LogP contribution is -2.00. The predicted molar refractivity (Wildman–Crippen MR) is 79.9 cm³/mol. The Morgan fingerprint density at radius 3 is 3.10 bits per heavy atom. The first kappa shape index (κ1) is 14.3. The Labute approximate surface area is 120 Å². The average molecular weight is 294 g/mol. The number of nitrogens with one attached hydrogen (secondary N) is 1. The molecule has 0 saturated carbocycles. The minimum absolute atomic E-state index is 0.339. The molecule has 5 nitrogen and oxygen atoms in total. The van der Waals surface area contributed by atoms with Crippen molar-refractivity contribution < 1.29 is 9.13 Å². The molecule has 1 aromatic carbocycles. The Balaban J connectivity index is 2.07. The molecule has 0 aliphatic rings. The third-order valence-corrected chi connectivity index (χ3v) is 3.09. The van der Waals surface area contributed by atoms with E-state index < -0.39 is 0 Å². The van der Waals surface area contributed by atoms with Gasteiger partial charge in [0.15, 0.2) is 0 Å². The number of rotatable bonds is 6. The summed E-state index contributed by atoms with van der Waals surface area (Å²) in [4.78, 5) is 4.01. The maximum Gasteiger partial charge on any atom is 0.205 e. The van der Waals surface area contributed by atoms with Crippen molar-refractivity contribution in [2.24, 2.45) is 5.10 Å². The number of nitrogens with zero attached hydrogens (tertiary/aromatic N) is 2. The topological polar surface area (TPSA) is 72.5 Å². The van der Waals surface area contributed by atoms with Crippen molar-refractivity contribution >= 4 is 28.5 Å². The zero-order valence-electron chi connectivity index (χ0n) is 11.0. The SMILES string of the molecule is CCCOc1cc(F)ccc1C=NNc1nc(N)cs1. The van der Waals surface area contributed by atoms with Crippen LogP contribution in [0.2, 0.25) is 0 Å². The van der Waals surface area contributed by atoms with Crippen LogP contribution in [0, 0.1) is 5.82 Å². The van der Waals surface area contributed by atoms with Crippen molar-refractivity contribution in [3.63, 3.8) is 0 Å². The summed E-state index contributed by atoms with van der Waals surface area (Å²) in [6.07, 6.45) is 2.41. The van der Waals surface area contributed by atoms with Crippen LogP contribution in [-0.2, 0) is 0 Å². The highest BCUT2D eigenvalue weighted by atomic mass is 32.1. The predicted octanol–water partition coefficient (Wildman–Crippen LogP) is 3.10. The quantitative estimate of drug-likeness (QED) is 0.634. The molecular formula is C13H15FN4OS. The first-order chi connectivity index (χ1) is 9.69. The largest absolute Gasteiger partial charge is 0.493 e. The number of anilines is 2. The monoisotopic (exact) mass is 294 g/mol. The second-order valence-corrected chi connectivity index (χ2v) is 4.84. The van der Waals surface area contributed by atoms with E-state index in [0.29, 0.717) is 28.9 Å². The minimum Gasteiger partial charge on any atom is -0.493 e. The lowest BCUT2D eigenvalue weighted by Gasteiger charge is -2.07. The van der Waals surface area contributed by atoms with Gasteiger partial charge in [-0.2, -0.15) is 5.10 Å². The molecular weight excluding hydrogens is 279 g/mol. The Kier molecular flexibility index (Phi) is 4.89. The molecule has 0 amide bonds. The van der Waals surface area contributed by atoms with Gasteiger partial charge in [0.05, 0.1) is 12.8 Å². The summed E-state index contributed by atoms with van der Waals surface area (Å²) in [6, 6.07) is 4.32. The molecule has 0 aliphatic heterocycles. The molecule has 0 bridgehead atoms. The smallest absolute Gasteiger partial charge is 0.205 e. The number of nitrogens with two attached hydrogens (primary N) is 1. The Bertz CT molecular complexity index is 600. The van der Waals surface area contributed by atoms with Crippen LogP contribution in [0.4, 0.5) is 15.3 Å². The maximum atomic E-state index is 13.2. The average Bonchev–Trinajstić information content (AvgIpc) is 2.84. The van der Waals surface area contributed by atoms with E-state index in [1.807, 2.05) is 6.92 Å². The molecule has 0 fully saturated rings. The van der Waals surface area contributed by atoms with Gasteiger partial charge >= 0.3 is 0 Å². The van der Waals surface area contributed by atoms with E-state index in [4.69, 9.17) is 10.5 Å². The van der Waals surface area contributed by atoms with Crippen molar-refractivity contribution in [3.8, 4) is 5.75 Å². The van der Waals surface area contributed by atoms with Gasteiger partial charge in [0.2, 0.25) is 5.13 Å². The van der Waals surface area contributed by atoms with Crippen LogP contribution >= 0.6 is 11.3 Å². The van der Waals surface area contributed by atoms with E-state index >= 15 is 0 Å². The van der Waals surface area contributed by atoms with E-state index in [1.54, 1.807) is 17.7 Å². The van der Waals surface area contributed by atoms with E-state index in [0.717, 1.165) is 6.42 Å². The van der Waals surface area contributed by atoms with Gasteiger partial charge in [0.1, 0.15) is 17.4 Å². The Morgan fingerprint density at radius 2 is 2.40 bits per heavy atom. The molecule has 0 saturated heterocycles. The third kappa shape index (κ3) is 3.92. The molecule has 1 aromatic heterocycles. The number of thiazole rings is 1. The van der Waals surface area contributed by atoms with E-state index in [1.165, 1.54) is 23.5 Å². The summed E-state index contributed by atoms with van der Waals surface area (Å²) < 4.78 is 18.7. The molecule has 0 spiro atoms. The highest BCUT2D eigenvalue weighted by Crippen LogP contribution is 2.19. The summed E-state index contributed by atoms with van der Waals surface area (Å²) in [5, 5.41) is 6.35. The van der Waals surface area contributed by atoms with Crippen LogP contribution in [0.1, 0.15) is 18.9 Å². The van der Waals surface area contributed by atoms with Gasteiger partial charge in [-0.05, 0) is 18.6 Å². The zero-order valence-corrected chi connectivity index (χ0v) is 11.8. The summed E-state index contributed by atoms with van der Waals surface area (Å²) in [7, 11) is 0. The van der Waals surface area contributed by atoms with Gasteiger partial charge in [0.25, 0.3) is 0 Å². The molecule has 0 aliphatic carbocycles. The first-order valence-corrected chi connectivity index (χ1v) is 6.99. The van der Waals surface area contributed by atoms with Crippen LogP contribution in [0.5, 0.6) is 5.75 Å². The van der Waals surface area contributed by atoms with E-state index in [2.05, 4.69) is 15.5 Å². The van der Waals surface area contributed by atoms with E-state index in [-0.39, 0.29) is 5.82 Å². The molecule has 1 heterocycles.